The highest BCUT2D eigenvalue weighted by molar-refractivity contribution is 6.28. The lowest BCUT2D eigenvalue weighted by Crippen LogP contribution is -2.47. The summed E-state index contributed by atoms with van der Waals surface area (Å²) in [5.74, 6) is -1.35. The fourth-order valence-electron chi connectivity index (χ4n) is 5.41. The Bertz CT molecular complexity index is 1040. The van der Waals surface area contributed by atoms with Crippen molar-refractivity contribution in [2.24, 2.45) is 29.4 Å². The Morgan fingerprint density at radius 3 is 2.81 bits per heavy atom. The van der Waals surface area contributed by atoms with Crippen LogP contribution in [0.1, 0.15) is 25.3 Å². The molecule has 8 nitrogen and oxygen atoms in total. The minimum atomic E-state index is -0.649. The molecule has 2 aliphatic carbocycles. The van der Waals surface area contributed by atoms with Crippen molar-refractivity contribution in [1.29, 1.82) is 0 Å². The van der Waals surface area contributed by atoms with Gasteiger partial charge in [0.25, 0.3) is 0 Å². The number of nitrogens with two attached hydrogens (primary N) is 2. The molecular formula is C22H26ClFN6O2. The van der Waals surface area contributed by atoms with Crippen LogP contribution in [-0.4, -0.2) is 39.3 Å². The van der Waals surface area contributed by atoms with Gasteiger partial charge in [-0.3, -0.25) is 9.59 Å². The molecule has 10 heteroatoms. The SMILES string of the molecule is CC(=O)N(Cc1cccc(N)c1)CC1CC2CC1C(Nc1nc(Cl)ncc1F)C2C(N)=O. The molecule has 0 saturated heterocycles. The van der Waals surface area contributed by atoms with Gasteiger partial charge >= 0.3 is 0 Å². The highest BCUT2D eigenvalue weighted by Crippen LogP contribution is 2.53. The largest absolute Gasteiger partial charge is 0.399 e. The lowest BCUT2D eigenvalue weighted by Gasteiger charge is -2.37. The second kappa shape index (κ2) is 8.90. The average Bonchev–Trinajstić information content (AvgIpc) is 3.28. The number of rotatable bonds is 7. The van der Waals surface area contributed by atoms with Crippen LogP contribution in [-0.2, 0) is 16.1 Å². The Kier molecular flexibility index (Phi) is 6.19. The summed E-state index contributed by atoms with van der Waals surface area (Å²) >= 11 is 5.83. The predicted octanol–water partition coefficient (Wildman–Crippen LogP) is 2.44. The molecule has 2 bridgehead atoms. The van der Waals surface area contributed by atoms with E-state index in [1.54, 1.807) is 17.9 Å². The molecule has 170 valence electrons. The summed E-state index contributed by atoms with van der Waals surface area (Å²) in [6, 6.07) is 7.06. The number of nitrogen functional groups attached to an aromatic ring is 1. The Labute approximate surface area is 190 Å². The maximum atomic E-state index is 14.3. The molecule has 2 fully saturated rings. The number of primary amides is 1. The molecule has 0 spiro atoms. The quantitative estimate of drug-likeness (QED) is 0.430. The minimum Gasteiger partial charge on any atom is -0.399 e. The first-order valence-electron chi connectivity index (χ1n) is 10.6. The van der Waals surface area contributed by atoms with Crippen LogP contribution >= 0.6 is 11.6 Å². The fourth-order valence-corrected chi connectivity index (χ4v) is 5.55. The summed E-state index contributed by atoms with van der Waals surface area (Å²) in [5, 5.41) is 2.98. The van der Waals surface area contributed by atoms with Gasteiger partial charge in [-0.1, -0.05) is 12.1 Å². The number of carbonyl (C=O) groups is 2. The second-order valence-corrected chi connectivity index (χ2v) is 9.07. The summed E-state index contributed by atoms with van der Waals surface area (Å²) in [6.45, 7) is 2.52. The van der Waals surface area contributed by atoms with E-state index in [0.717, 1.165) is 24.6 Å². The van der Waals surface area contributed by atoms with Crippen LogP contribution in [0.4, 0.5) is 15.9 Å². The third kappa shape index (κ3) is 4.48. The van der Waals surface area contributed by atoms with Gasteiger partial charge in [0.15, 0.2) is 11.6 Å². The maximum absolute atomic E-state index is 14.3. The fraction of sp³-hybridized carbons (Fsp3) is 0.455. The first-order chi connectivity index (χ1) is 15.2. The number of carbonyl (C=O) groups excluding carboxylic acids is 2. The number of fused-ring (bicyclic) bond motifs is 2. The molecule has 0 aliphatic heterocycles. The Hall–Kier alpha value is -2.94. The van der Waals surface area contributed by atoms with Gasteiger partial charge in [-0.05, 0) is 59.9 Å². The molecule has 1 heterocycles. The van der Waals surface area contributed by atoms with Crippen LogP contribution in [0.25, 0.3) is 0 Å². The first kappa shape index (κ1) is 22.3. The Morgan fingerprint density at radius 2 is 2.12 bits per heavy atom. The number of nitrogens with zero attached hydrogens (tertiary/aromatic N) is 3. The lowest BCUT2D eigenvalue weighted by atomic mass is 9.77. The molecule has 1 aromatic heterocycles. The van der Waals surface area contributed by atoms with E-state index in [1.807, 2.05) is 18.2 Å². The van der Waals surface area contributed by atoms with Crippen LogP contribution in [0.15, 0.2) is 30.5 Å². The number of benzene rings is 1. The average molecular weight is 461 g/mol. The zero-order chi connectivity index (χ0) is 23.0. The van der Waals surface area contributed by atoms with Crippen molar-refractivity contribution in [3.63, 3.8) is 0 Å². The molecule has 5 unspecified atom stereocenters. The van der Waals surface area contributed by atoms with Crippen LogP contribution in [0, 0.1) is 29.5 Å². The minimum absolute atomic E-state index is 0.0355. The van der Waals surface area contributed by atoms with E-state index in [9.17, 15) is 14.0 Å². The molecule has 2 aromatic rings. The van der Waals surface area contributed by atoms with Crippen LogP contribution in [0.3, 0.4) is 0 Å². The van der Waals surface area contributed by atoms with Crippen LogP contribution < -0.4 is 16.8 Å². The summed E-state index contributed by atoms with van der Waals surface area (Å²) in [5.41, 5.74) is 13.2. The van der Waals surface area contributed by atoms with Crippen molar-refractivity contribution in [1.82, 2.24) is 14.9 Å². The smallest absolute Gasteiger partial charge is 0.224 e. The normalized spacial score (nSPS) is 26.2. The number of halogens is 2. The number of nitrogens with one attached hydrogen (secondary N) is 1. The first-order valence-corrected chi connectivity index (χ1v) is 10.9. The molecule has 2 saturated carbocycles. The maximum Gasteiger partial charge on any atom is 0.224 e. The summed E-state index contributed by atoms with van der Waals surface area (Å²) in [7, 11) is 0. The molecule has 0 radical (unpaired) electrons. The number of anilines is 2. The third-order valence-corrected chi connectivity index (χ3v) is 6.90. The molecule has 4 rings (SSSR count). The van der Waals surface area contributed by atoms with E-state index in [2.05, 4.69) is 15.3 Å². The molecular weight excluding hydrogens is 435 g/mol. The van der Waals surface area contributed by atoms with Crippen molar-refractivity contribution >= 4 is 34.9 Å². The summed E-state index contributed by atoms with van der Waals surface area (Å²) in [4.78, 5) is 33.9. The van der Waals surface area contributed by atoms with Gasteiger partial charge in [-0.15, -0.1) is 0 Å². The molecule has 32 heavy (non-hydrogen) atoms. The summed E-state index contributed by atoms with van der Waals surface area (Å²) < 4.78 is 14.3. The van der Waals surface area contributed by atoms with Gasteiger partial charge in [0.2, 0.25) is 17.1 Å². The Balaban J connectivity index is 1.53. The monoisotopic (exact) mass is 460 g/mol. The lowest BCUT2D eigenvalue weighted by molar-refractivity contribution is -0.131. The van der Waals surface area contributed by atoms with Crippen molar-refractivity contribution in [3.05, 3.63) is 47.1 Å². The zero-order valence-corrected chi connectivity index (χ0v) is 18.4. The van der Waals surface area contributed by atoms with Crippen molar-refractivity contribution in [3.8, 4) is 0 Å². The van der Waals surface area contributed by atoms with E-state index in [-0.39, 0.29) is 34.8 Å². The van der Waals surface area contributed by atoms with Gasteiger partial charge < -0.3 is 21.7 Å². The van der Waals surface area contributed by atoms with E-state index < -0.39 is 23.7 Å². The van der Waals surface area contributed by atoms with Gasteiger partial charge in [0, 0.05) is 31.7 Å². The highest BCUT2D eigenvalue weighted by atomic mass is 35.5. The van der Waals surface area contributed by atoms with E-state index in [0.29, 0.717) is 18.8 Å². The van der Waals surface area contributed by atoms with E-state index in [4.69, 9.17) is 23.1 Å². The van der Waals surface area contributed by atoms with Gasteiger partial charge in [0.05, 0.1) is 12.1 Å². The molecule has 2 aliphatic rings. The van der Waals surface area contributed by atoms with Crippen molar-refractivity contribution in [2.75, 3.05) is 17.6 Å². The number of hydrogen-bond donors (Lipinski definition) is 3. The summed E-state index contributed by atoms with van der Waals surface area (Å²) in [6.07, 6.45) is 2.55. The number of amides is 2. The third-order valence-electron chi connectivity index (χ3n) is 6.71. The highest BCUT2D eigenvalue weighted by Gasteiger charge is 2.55. The molecule has 5 N–H and O–H groups in total. The predicted molar refractivity (Wildman–Crippen MR) is 119 cm³/mol. The topological polar surface area (TPSA) is 127 Å². The van der Waals surface area contributed by atoms with Crippen LogP contribution in [0.2, 0.25) is 5.28 Å². The number of aromatic nitrogens is 2. The van der Waals surface area contributed by atoms with Gasteiger partial charge in [-0.2, -0.15) is 4.98 Å². The Morgan fingerprint density at radius 1 is 1.34 bits per heavy atom. The van der Waals surface area contributed by atoms with E-state index in [1.165, 1.54) is 0 Å². The zero-order valence-electron chi connectivity index (χ0n) is 17.7. The van der Waals surface area contributed by atoms with E-state index >= 15 is 0 Å². The van der Waals surface area contributed by atoms with Crippen LogP contribution in [0.5, 0.6) is 0 Å². The second-order valence-electron chi connectivity index (χ2n) is 8.73. The van der Waals surface area contributed by atoms with Gasteiger partial charge in [0.1, 0.15) is 0 Å². The van der Waals surface area contributed by atoms with Crippen molar-refractivity contribution < 1.29 is 14.0 Å². The molecule has 5 atom stereocenters. The molecule has 2 amide bonds. The standard InChI is InChI=1S/C22H26ClFN6O2/c1-11(31)30(9-12-3-2-4-15(25)5-12)10-14-6-13-7-16(14)19(18(13)20(26)32)28-21-17(24)8-27-22(23)29-21/h2-5,8,13-14,16,18-19H,6-7,9-10,25H2,1H3,(H2,26,32)(H,27,28,29). The van der Waals surface area contributed by atoms with Crippen molar-refractivity contribution in [2.45, 2.75) is 32.4 Å². The van der Waals surface area contributed by atoms with Gasteiger partial charge in [-0.25, -0.2) is 9.37 Å². The molecule has 1 aromatic carbocycles. The number of hydrogen-bond acceptors (Lipinski definition) is 6.